The lowest BCUT2D eigenvalue weighted by Gasteiger charge is -2.32. The van der Waals surface area contributed by atoms with E-state index in [0.717, 1.165) is 6.42 Å². The number of nitrogens with zero attached hydrogens (tertiary/aromatic N) is 4. The molecule has 0 bridgehead atoms. The summed E-state index contributed by atoms with van der Waals surface area (Å²) in [7, 11) is 0. The number of carbonyl (C=O) groups is 2. The van der Waals surface area contributed by atoms with E-state index in [4.69, 9.17) is 5.11 Å². The van der Waals surface area contributed by atoms with Gasteiger partial charge >= 0.3 is 0 Å². The van der Waals surface area contributed by atoms with Crippen molar-refractivity contribution in [2.24, 2.45) is 0 Å². The fourth-order valence-electron chi connectivity index (χ4n) is 3.65. The number of nitrogens with one attached hydrogen (secondary N) is 1. The number of carbonyl (C=O) groups excluding carboxylic acids is 2. The van der Waals surface area contributed by atoms with Crippen molar-refractivity contribution in [2.75, 3.05) is 19.7 Å². The molecule has 1 saturated heterocycles. The number of β-amino-alcohol motifs (C(OH)–C–C–N with tert-alkyl or cyclic N) is 1. The van der Waals surface area contributed by atoms with E-state index in [1.165, 1.54) is 18.3 Å². The summed E-state index contributed by atoms with van der Waals surface area (Å²) in [6.07, 6.45) is 6.28. The van der Waals surface area contributed by atoms with Crippen molar-refractivity contribution in [3.63, 3.8) is 0 Å². The molecule has 2 aromatic heterocycles. The number of aliphatic hydroxyl groups is 1. The number of amides is 2. The highest BCUT2D eigenvalue weighted by atomic mass is 19.1. The molecule has 0 radical (unpaired) electrons. The molecule has 1 aliphatic heterocycles. The van der Waals surface area contributed by atoms with Crippen LogP contribution in [-0.4, -0.2) is 61.9 Å². The molecule has 0 spiro atoms. The molecule has 3 heterocycles. The average molecular weight is 411 g/mol. The highest BCUT2D eigenvalue weighted by molar-refractivity contribution is 6.00. The molecule has 0 unspecified atom stereocenters. The van der Waals surface area contributed by atoms with Crippen molar-refractivity contribution >= 4 is 11.8 Å². The molecular weight excluding hydrogens is 389 g/mol. The summed E-state index contributed by atoms with van der Waals surface area (Å²) in [6.45, 7) is 0.708. The quantitative estimate of drug-likeness (QED) is 0.643. The van der Waals surface area contributed by atoms with Crippen molar-refractivity contribution in [3.05, 3.63) is 66.4 Å². The molecule has 0 aliphatic carbocycles. The molecule has 30 heavy (non-hydrogen) atoms. The van der Waals surface area contributed by atoms with Crippen LogP contribution in [0.2, 0.25) is 0 Å². The maximum Gasteiger partial charge on any atom is 0.257 e. The lowest BCUT2D eigenvalue weighted by atomic mass is 10.0. The zero-order chi connectivity index (χ0) is 21.1. The normalized spacial score (nSPS) is 16.7. The van der Waals surface area contributed by atoms with Gasteiger partial charge in [0.15, 0.2) is 5.82 Å². The molecule has 9 heteroatoms. The van der Waals surface area contributed by atoms with Crippen LogP contribution in [-0.2, 0) is 4.79 Å². The number of aromatic nitrogens is 3. The second kappa shape index (κ2) is 8.50. The SMILES string of the molecule is O=C(N[C@@H]1CCCN(CCO)C1=O)c1cnn(-c2ccc(F)cc2)c1-n1cccc1. The van der Waals surface area contributed by atoms with E-state index in [9.17, 15) is 14.0 Å². The van der Waals surface area contributed by atoms with Gasteiger partial charge in [0.25, 0.3) is 5.91 Å². The van der Waals surface area contributed by atoms with Gasteiger partial charge in [-0.3, -0.25) is 9.59 Å². The fourth-order valence-corrected chi connectivity index (χ4v) is 3.65. The number of rotatable bonds is 6. The first-order valence-corrected chi connectivity index (χ1v) is 9.76. The molecule has 1 aromatic carbocycles. The molecule has 2 N–H and O–H groups in total. The van der Waals surface area contributed by atoms with E-state index in [1.54, 1.807) is 38.7 Å². The lowest BCUT2D eigenvalue weighted by Crippen LogP contribution is -2.52. The van der Waals surface area contributed by atoms with Crippen LogP contribution in [0.3, 0.4) is 0 Å². The second-order valence-corrected chi connectivity index (χ2v) is 7.08. The van der Waals surface area contributed by atoms with Crippen molar-refractivity contribution in [2.45, 2.75) is 18.9 Å². The molecule has 3 aromatic rings. The summed E-state index contributed by atoms with van der Waals surface area (Å²) in [5.74, 6) is -0.498. The van der Waals surface area contributed by atoms with Gasteiger partial charge in [-0.2, -0.15) is 5.10 Å². The van der Waals surface area contributed by atoms with Gasteiger partial charge in [-0.05, 0) is 49.2 Å². The Morgan fingerprint density at radius 3 is 2.67 bits per heavy atom. The highest BCUT2D eigenvalue weighted by Gasteiger charge is 2.31. The predicted octanol–water partition coefficient (Wildman–Crippen LogP) is 1.52. The molecule has 156 valence electrons. The topological polar surface area (TPSA) is 92.4 Å². The van der Waals surface area contributed by atoms with E-state index >= 15 is 0 Å². The Bertz CT molecular complexity index is 1030. The van der Waals surface area contributed by atoms with E-state index in [0.29, 0.717) is 30.0 Å². The molecule has 0 saturated carbocycles. The Hall–Kier alpha value is -3.46. The maximum absolute atomic E-state index is 13.3. The first-order chi connectivity index (χ1) is 14.6. The highest BCUT2D eigenvalue weighted by Crippen LogP contribution is 2.21. The summed E-state index contributed by atoms with van der Waals surface area (Å²) < 4.78 is 16.6. The van der Waals surface area contributed by atoms with Gasteiger partial charge in [-0.1, -0.05) is 0 Å². The first-order valence-electron chi connectivity index (χ1n) is 9.76. The average Bonchev–Trinajstić information content (AvgIpc) is 3.41. The van der Waals surface area contributed by atoms with Crippen LogP contribution in [0.25, 0.3) is 11.5 Å². The molecule has 2 amide bonds. The number of hydrogen-bond acceptors (Lipinski definition) is 4. The van der Waals surface area contributed by atoms with Crippen LogP contribution in [0.4, 0.5) is 4.39 Å². The smallest absolute Gasteiger partial charge is 0.257 e. The minimum absolute atomic E-state index is 0.116. The zero-order valence-electron chi connectivity index (χ0n) is 16.2. The van der Waals surface area contributed by atoms with Crippen molar-refractivity contribution in [1.82, 2.24) is 24.6 Å². The van der Waals surface area contributed by atoms with Gasteiger partial charge < -0.3 is 19.9 Å². The van der Waals surface area contributed by atoms with Crippen LogP contribution in [0.15, 0.2) is 55.0 Å². The lowest BCUT2D eigenvalue weighted by molar-refractivity contribution is -0.136. The molecule has 1 atom stereocenters. The molecule has 1 aliphatic rings. The summed E-state index contributed by atoms with van der Waals surface area (Å²) in [5, 5.41) is 16.3. The monoisotopic (exact) mass is 411 g/mol. The Morgan fingerprint density at radius 1 is 1.23 bits per heavy atom. The Kier molecular flexibility index (Phi) is 5.62. The number of benzene rings is 1. The summed E-state index contributed by atoms with van der Waals surface area (Å²) in [5.41, 5.74) is 0.893. The van der Waals surface area contributed by atoms with E-state index < -0.39 is 11.9 Å². The standard InChI is InChI=1S/C21H22FN5O3/c22-15-5-7-16(8-6-15)27-20(25-9-1-2-10-25)17(14-23-27)19(29)24-18-4-3-11-26(12-13-28)21(18)30/h1-2,5-10,14,18,28H,3-4,11-13H2,(H,24,29)/t18-/m1/s1. The minimum atomic E-state index is -0.649. The number of aliphatic hydroxyl groups excluding tert-OH is 1. The fraction of sp³-hybridized carbons (Fsp3) is 0.286. The molecule has 8 nitrogen and oxygen atoms in total. The van der Waals surface area contributed by atoms with Crippen LogP contribution >= 0.6 is 0 Å². The Labute approximate surface area is 172 Å². The predicted molar refractivity (Wildman–Crippen MR) is 107 cm³/mol. The Balaban J connectivity index is 1.65. The molecule has 4 rings (SSSR count). The van der Waals surface area contributed by atoms with Gasteiger partial charge in [0.2, 0.25) is 5.91 Å². The number of piperidine rings is 1. The van der Waals surface area contributed by atoms with E-state index in [-0.39, 0.29) is 24.9 Å². The summed E-state index contributed by atoms with van der Waals surface area (Å²) in [6, 6.07) is 8.80. The van der Waals surface area contributed by atoms with Gasteiger partial charge in [0.05, 0.1) is 18.5 Å². The van der Waals surface area contributed by atoms with Crippen LogP contribution in [0.1, 0.15) is 23.2 Å². The number of likely N-dealkylation sites (tertiary alicyclic amines) is 1. The largest absolute Gasteiger partial charge is 0.395 e. The van der Waals surface area contributed by atoms with Crippen molar-refractivity contribution < 1.29 is 19.1 Å². The Morgan fingerprint density at radius 2 is 1.97 bits per heavy atom. The van der Waals surface area contributed by atoms with Gasteiger partial charge in [-0.25, -0.2) is 9.07 Å². The van der Waals surface area contributed by atoms with Crippen LogP contribution < -0.4 is 5.32 Å². The first kappa shape index (κ1) is 19.8. The van der Waals surface area contributed by atoms with Crippen LogP contribution in [0, 0.1) is 5.82 Å². The van der Waals surface area contributed by atoms with Crippen LogP contribution in [0.5, 0.6) is 0 Å². The summed E-state index contributed by atoms with van der Waals surface area (Å²) >= 11 is 0. The van der Waals surface area contributed by atoms with E-state index in [1.807, 2.05) is 12.1 Å². The third kappa shape index (κ3) is 3.84. The molecular formula is C21H22FN5O3. The third-order valence-electron chi connectivity index (χ3n) is 5.11. The van der Waals surface area contributed by atoms with Crippen molar-refractivity contribution in [3.8, 4) is 11.5 Å². The van der Waals surface area contributed by atoms with Gasteiger partial charge in [-0.15, -0.1) is 0 Å². The summed E-state index contributed by atoms with van der Waals surface area (Å²) in [4.78, 5) is 27.2. The van der Waals surface area contributed by atoms with E-state index in [2.05, 4.69) is 10.4 Å². The van der Waals surface area contributed by atoms with Crippen molar-refractivity contribution in [1.29, 1.82) is 0 Å². The number of hydrogen-bond donors (Lipinski definition) is 2. The number of halogens is 1. The molecule has 1 fully saturated rings. The minimum Gasteiger partial charge on any atom is -0.395 e. The zero-order valence-corrected chi connectivity index (χ0v) is 16.2. The maximum atomic E-state index is 13.3. The van der Waals surface area contributed by atoms with Gasteiger partial charge in [0, 0.05) is 25.5 Å². The van der Waals surface area contributed by atoms with Gasteiger partial charge in [0.1, 0.15) is 17.4 Å². The second-order valence-electron chi connectivity index (χ2n) is 7.08. The third-order valence-corrected chi connectivity index (χ3v) is 5.11.